The molecule has 26 heavy (non-hydrogen) atoms. The van der Waals surface area contributed by atoms with Crippen LogP contribution in [0.4, 0.5) is 0 Å². The van der Waals surface area contributed by atoms with Crippen LogP contribution in [0.5, 0.6) is 0 Å². The van der Waals surface area contributed by atoms with Crippen molar-refractivity contribution >= 4 is 0 Å². The van der Waals surface area contributed by atoms with Gasteiger partial charge >= 0.3 is 0 Å². The van der Waals surface area contributed by atoms with Gasteiger partial charge in [-0.1, -0.05) is 31.2 Å². The molecule has 0 aliphatic carbocycles. The van der Waals surface area contributed by atoms with Crippen molar-refractivity contribution < 1.29 is 4.74 Å². The Hall–Kier alpha value is -1.69. The largest absolute Gasteiger partial charge is 0.376 e. The molecule has 1 saturated heterocycles. The summed E-state index contributed by atoms with van der Waals surface area (Å²) in [5, 5.41) is 8.25. The van der Waals surface area contributed by atoms with Crippen LogP contribution in [0, 0.1) is 13.8 Å². The summed E-state index contributed by atoms with van der Waals surface area (Å²) in [6, 6.07) is 8.53. The molecule has 0 radical (unpaired) electrons. The van der Waals surface area contributed by atoms with Crippen molar-refractivity contribution in [3.63, 3.8) is 0 Å². The average molecular weight is 357 g/mol. The zero-order chi connectivity index (χ0) is 18.4. The topological polar surface area (TPSA) is 42.3 Å². The predicted molar refractivity (Wildman–Crippen MR) is 105 cm³/mol. The maximum Gasteiger partial charge on any atom is 0.0700 e. The van der Waals surface area contributed by atoms with Crippen molar-refractivity contribution in [2.45, 2.75) is 52.9 Å². The molecule has 3 rings (SSSR count). The van der Waals surface area contributed by atoms with Crippen molar-refractivity contribution in [1.82, 2.24) is 20.0 Å². The van der Waals surface area contributed by atoms with Crippen LogP contribution in [-0.4, -0.2) is 47.0 Å². The molecule has 142 valence electrons. The third-order valence-electron chi connectivity index (χ3n) is 5.26. The van der Waals surface area contributed by atoms with E-state index in [-0.39, 0.29) is 0 Å². The van der Waals surface area contributed by atoms with Gasteiger partial charge in [-0.3, -0.25) is 9.58 Å². The Bertz CT molecular complexity index is 697. The van der Waals surface area contributed by atoms with Crippen LogP contribution in [0.15, 0.2) is 30.5 Å². The minimum absolute atomic E-state index is 0.393. The summed E-state index contributed by atoms with van der Waals surface area (Å²) in [5.74, 6) is 0. The number of rotatable bonds is 8. The third kappa shape index (κ3) is 5.16. The van der Waals surface area contributed by atoms with E-state index in [0.29, 0.717) is 6.10 Å². The van der Waals surface area contributed by atoms with Crippen LogP contribution >= 0.6 is 0 Å². The molecule has 0 bridgehead atoms. The van der Waals surface area contributed by atoms with Crippen LogP contribution in [0.1, 0.15) is 35.7 Å². The van der Waals surface area contributed by atoms with Crippen LogP contribution in [0.2, 0.25) is 0 Å². The highest BCUT2D eigenvalue weighted by atomic mass is 16.5. The molecule has 1 aromatic heterocycles. The van der Waals surface area contributed by atoms with Crippen LogP contribution in [0.3, 0.4) is 0 Å². The van der Waals surface area contributed by atoms with Gasteiger partial charge in [0.1, 0.15) is 0 Å². The second-order valence-electron chi connectivity index (χ2n) is 7.23. The van der Waals surface area contributed by atoms with E-state index < -0.39 is 0 Å². The summed E-state index contributed by atoms with van der Waals surface area (Å²) in [6.45, 7) is 13.1. The van der Waals surface area contributed by atoms with Gasteiger partial charge < -0.3 is 10.1 Å². The Kier molecular flexibility index (Phi) is 6.83. The molecule has 1 aliphatic rings. The summed E-state index contributed by atoms with van der Waals surface area (Å²) in [5.41, 5.74) is 5.10. The van der Waals surface area contributed by atoms with Crippen molar-refractivity contribution in [3.8, 4) is 0 Å². The quantitative estimate of drug-likeness (QED) is 0.790. The number of hydrogen-bond acceptors (Lipinski definition) is 4. The Balaban J connectivity index is 1.47. The lowest BCUT2D eigenvalue weighted by atomic mass is 10.1. The number of morpholine rings is 1. The summed E-state index contributed by atoms with van der Waals surface area (Å²) in [6.07, 6.45) is 3.68. The van der Waals surface area contributed by atoms with Gasteiger partial charge in [-0.25, -0.2) is 0 Å². The van der Waals surface area contributed by atoms with Gasteiger partial charge in [-0.2, -0.15) is 5.10 Å². The normalized spacial score (nSPS) is 18.3. The van der Waals surface area contributed by atoms with Gasteiger partial charge in [-0.15, -0.1) is 0 Å². The molecule has 0 amide bonds. The standard InChI is InChI=1S/C21H32N4O/c1-4-21-16-24(11-12-26-21)9-10-25-15-20(18(3)23-25)14-22-13-19-8-6-5-7-17(19)2/h5-8,15,21-22H,4,9-14,16H2,1-3H3/t21-/m0/s1. The second kappa shape index (κ2) is 9.31. The summed E-state index contributed by atoms with van der Waals surface area (Å²) in [7, 11) is 0. The number of hydrogen-bond donors (Lipinski definition) is 1. The predicted octanol–water partition coefficient (Wildman–Crippen LogP) is 2.90. The summed E-state index contributed by atoms with van der Waals surface area (Å²) in [4.78, 5) is 2.49. The molecule has 5 nitrogen and oxygen atoms in total. The molecule has 0 spiro atoms. The number of nitrogens with zero attached hydrogens (tertiary/aromatic N) is 3. The SMILES string of the molecule is CC[C@H]1CN(CCn2cc(CNCc3ccccc3C)c(C)n2)CCO1. The van der Waals surface area contributed by atoms with E-state index in [9.17, 15) is 0 Å². The maximum absolute atomic E-state index is 5.75. The fourth-order valence-electron chi connectivity index (χ4n) is 3.46. The lowest BCUT2D eigenvalue weighted by molar-refractivity contribution is -0.0306. The highest BCUT2D eigenvalue weighted by Gasteiger charge is 2.18. The van der Waals surface area contributed by atoms with E-state index in [2.05, 4.69) is 66.1 Å². The Labute approximate surface area is 157 Å². The van der Waals surface area contributed by atoms with Crippen LogP contribution in [0.25, 0.3) is 0 Å². The molecule has 2 heterocycles. The first-order chi connectivity index (χ1) is 12.7. The highest BCUT2D eigenvalue weighted by molar-refractivity contribution is 5.25. The van der Waals surface area contributed by atoms with Crippen molar-refractivity contribution in [3.05, 3.63) is 52.8 Å². The monoisotopic (exact) mass is 356 g/mol. The molecule has 0 saturated carbocycles. The maximum atomic E-state index is 5.75. The number of aromatic nitrogens is 2. The zero-order valence-electron chi connectivity index (χ0n) is 16.4. The van der Waals surface area contributed by atoms with Gasteiger partial charge in [-0.05, 0) is 31.4 Å². The first-order valence-electron chi connectivity index (χ1n) is 9.77. The number of benzene rings is 1. The third-order valence-corrected chi connectivity index (χ3v) is 5.26. The van der Waals surface area contributed by atoms with Crippen LogP contribution < -0.4 is 5.32 Å². The minimum atomic E-state index is 0.393. The van der Waals surface area contributed by atoms with Crippen molar-refractivity contribution in [1.29, 1.82) is 0 Å². The van der Waals surface area contributed by atoms with E-state index in [1.54, 1.807) is 0 Å². The van der Waals surface area contributed by atoms with Gasteiger partial charge in [0.15, 0.2) is 0 Å². The summed E-state index contributed by atoms with van der Waals surface area (Å²) >= 11 is 0. The number of aryl methyl sites for hydroxylation is 2. The van der Waals surface area contributed by atoms with Crippen molar-refractivity contribution in [2.24, 2.45) is 0 Å². The van der Waals surface area contributed by atoms with Gasteiger partial charge in [0.25, 0.3) is 0 Å². The molecule has 5 heteroatoms. The zero-order valence-corrected chi connectivity index (χ0v) is 16.4. The first-order valence-corrected chi connectivity index (χ1v) is 9.77. The molecular formula is C21H32N4O. The summed E-state index contributed by atoms with van der Waals surface area (Å²) < 4.78 is 7.84. The Morgan fingerprint density at radius 1 is 1.15 bits per heavy atom. The molecule has 0 unspecified atom stereocenters. The minimum Gasteiger partial charge on any atom is -0.376 e. The first kappa shape index (κ1) is 19.1. The van der Waals surface area contributed by atoms with Crippen molar-refractivity contribution in [2.75, 3.05) is 26.2 Å². The molecule has 2 aromatic rings. The van der Waals surface area contributed by atoms with E-state index >= 15 is 0 Å². The molecule has 1 N–H and O–H groups in total. The van der Waals surface area contributed by atoms with E-state index in [4.69, 9.17) is 9.84 Å². The Morgan fingerprint density at radius 2 is 1.96 bits per heavy atom. The number of nitrogens with one attached hydrogen (secondary N) is 1. The molecule has 1 aliphatic heterocycles. The average Bonchev–Trinajstić information content (AvgIpc) is 3.01. The lowest BCUT2D eigenvalue weighted by Gasteiger charge is -2.32. The van der Waals surface area contributed by atoms with E-state index in [1.165, 1.54) is 16.7 Å². The van der Waals surface area contributed by atoms with Gasteiger partial charge in [0.05, 0.1) is 24.9 Å². The van der Waals surface area contributed by atoms with E-state index in [1.807, 2.05) is 0 Å². The smallest absolute Gasteiger partial charge is 0.0700 e. The molecule has 1 fully saturated rings. The highest BCUT2D eigenvalue weighted by Crippen LogP contribution is 2.11. The van der Waals surface area contributed by atoms with E-state index in [0.717, 1.165) is 58.0 Å². The van der Waals surface area contributed by atoms with Gasteiger partial charge in [0, 0.05) is 44.5 Å². The second-order valence-corrected chi connectivity index (χ2v) is 7.23. The lowest BCUT2D eigenvalue weighted by Crippen LogP contribution is -2.43. The van der Waals surface area contributed by atoms with Gasteiger partial charge in [0.2, 0.25) is 0 Å². The molecule has 1 atom stereocenters. The molecular weight excluding hydrogens is 324 g/mol. The fourth-order valence-corrected chi connectivity index (χ4v) is 3.46. The van der Waals surface area contributed by atoms with Crippen LogP contribution in [-0.2, 0) is 24.4 Å². The molecule has 1 aromatic carbocycles. The number of ether oxygens (including phenoxy) is 1. The fraction of sp³-hybridized carbons (Fsp3) is 0.571. The Morgan fingerprint density at radius 3 is 2.77 bits per heavy atom.